The van der Waals surface area contributed by atoms with Crippen LogP contribution in [-0.2, 0) is 17.7 Å². The largest absolute Gasteiger partial charge is 0.394 e. The van der Waals surface area contributed by atoms with E-state index < -0.39 is 0 Å². The van der Waals surface area contributed by atoms with Crippen molar-refractivity contribution in [3.63, 3.8) is 0 Å². The number of fused-ring (bicyclic) bond motifs is 1. The Morgan fingerprint density at radius 3 is 3.00 bits per heavy atom. The first kappa shape index (κ1) is 14.0. The third kappa shape index (κ3) is 3.05. The fraction of sp³-hybridized carbons (Fsp3) is 0.800. The highest BCUT2D eigenvalue weighted by molar-refractivity contribution is 5.24. The lowest BCUT2D eigenvalue weighted by Gasteiger charge is -2.28. The van der Waals surface area contributed by atoms with Crippen LogP contribution in [0.25, 0.3) is 0 Å². The summed E-state index contributed by atoms with van der Waals surface area (Å²) >= 11 is 0. The van der Waals surface area contributed by atoms with Crippen LogP contribution in [-0.4, -0.2) is 41.3 Å². The first-order valence-corrected chi connectivity index (χ1v) is 7.85. The van der Waals surface area contributed by atoms with Gasteiger partial charge < -0.3 is 15.2 Å². The maximum atomic E-state index is 9.09. The molecule has 2 aliphatic rings. The Hall–Kier alpha value is -0.910. The number of hydrogen-bond acceptors (Lipinski definition) is 4. The smallest absolute Gasteiger partial charge is 0.0644 e. The zero-order valence-corrected chi connectivity index (χ0v) is 12.1. The summed E-state index contributed by atoms with van der Waals surface area (Å²) in [5.74, 6) is 0.751. The summed E-state index contributed by atoms with van der Waals surface area (Å²) in [6.07, 6.45) is 7.83. The van der Waals surface area contributed by atoms with Crippen LogP contribution in [0.5, 0.6) is 0 Å². The van der Waals surface area contributed by atoms with Gasteiger partial charge in [-0.15, -0.1) is 0 Å². The molecule has 1 saturated heterocycles. The highest BCUT2D eigenvalue weighted by atomic mass is 16.5. The number of aliphatic hydroxyl groups excluding tert-OH is 1. The van der Waals surface area contributed by atoms with E-state index in [1.54, 1.807) is 0 Å². The van der Waals surface area contributed by atoms with Crippen molar-refractivity contribution >= 4 is 0 Å². The highest BCUT2D eigenvalue weighted by Crippen LogP contribution is 2.30. The minimum atomic E-state index is 0.161. The van der Waals surface area contributed by atoms with Gasteiger partial charge >= 0.3 is 0 Å². The SMILES string of the molecule is OCCn1ncc2c1CCCC2NCC1CCOCC1. The van der Waals surface area contributed by atoms with Gasteiger partial charge in [-0.3, -0.25) is 4.68 Å². The molecule has 1 aliphatic carbocycles. The Labute approximate surface area is 120 Å². The number of ether oxygens (including phenoxy) is 1. The van der Waals surface area contributed by atoms with E-state index in [2.05, 4.69) is 10.4 Å². The molecule has 1 aliphatic heterocycles. The van der Waals surface area contributed by atoms with E-state index in [4.69, 9.17) is 9.84 Å². The lowest BCUT2D eigenvalue weighted by atomic mass is 9.92. The molecule has 0 spiro atoms. The van der Waals surface area contributed by atoms with Gasteiger partial charge in [0.15, 0.2) is 0 Å². The molecular formula is C15H25N3O2. The number of aromatic nitrogens is 2. The van der Waals surface area contributed by atoms with Crippen molar-refractivity contribution in [2.24, 2.45) is 5.92 Å². The van der Waals surface area contributed by atoms with Gasteiger partial charge in [-0.2, -0.15) is 5.10 Å². The van der Waals surface area contributed by atoms with Crippen molar-refractivity contribution in [3.05, 3.63) is 17.5 Å². The minimum absolute atomic E-state index is 0.161. The van der Waals surface area contributed by atoms with Crippen molar-refractivity contribution in [1.29, 1.82) is 0 Å². The summed E-state index contributed by atoms with van der Waals surface area (Å²) < 4.78 is 7.38. The fourth-order valence-electron chi connectivity index (χ4n) is 3.38. The molecule has 0 saturated carbocycles. The number of nitrogens with zero attached hydrogens (tertiary/aromatic N) is 2. The zero-order chi connectivity index (χ0) is 13.8. The zero-order valence-electron chi connectivity index (χ0n) is 12.1. The molecule has 1 aromatic rings. The van der Waals surface area contributed by atoms with Gasteiger partial charge in [-0.25, -0.2) is 0 Å². The molecule has 3 rings (SSSR count). The molecule has 0 amide bonds. The Balaban J connectivity index is 1.61. The summed E-state index contributed by atoms with van der Waals surface area (Å²) in [6.45, 7) is 3.68. The van der Waals surface area contributed by atoms with Gasteiger partial charge in [-0.1, -0.05) is 0 Å². The fourth-order valence-corrected chi connectivity index (χ4v) is 3.38. The van der Waals surface area contributed by atoms with Crippen LogP contribution < -0.4 is 5.32 Å². The topological polar surface area (TPSA) is 59.3 Å². The first-order chi connectivity index (χ1) is 9.88. The van der Waals surface area contributed by atoms with Crippen LogP contribution in [0.3, 0.4) is 0 Å². The van der Waals surface area contributed by atoms with Crippen LogP contribution in [0, 0.1) is 5.92 Å². The third-order valence-corrected chi connectivity index (χ3v) is 4.57. The molecule has 5 heteroatoms. The molecule has 5 nitrogen and oxygen atoms in total. The monoisotopic (exact) mass is 279 g/mol. The van der Waals surface area contributed by atoms with Crippen LogP contribution in [0.2, 0.25) is 0 Å². The van der Waals surface area contributed by atoms with Gasteiger partial charge in [0.2, 0.25) is 0 Å². The second kappa shape index (κ2) is 6.70. The van der Waals surface area contributed by atoms with E-state index in [-0.39, 0.29) is 6.61 Å². The van der Waals surface area contributed by atoms with Gasteiger partial charge in [0.1, 0.15) is 0 Å². The van der Waals surface area contributed by atoms with E-state index in [1.807, 2.05) is 10.9 Å². The standard InChI is InChI=1S/C15H25N3O2/c19-7-6-18-15-3-1-2-14(13(15)11-17-18)16-10-12-4-8-20-9-5-12/h11-12,14,16,19H,1-10H2. The summed E-state index contributed by atoms with van der Waals surface area (Å²) in [7, 11) is 0. The summed E-state index contributed by atoms with van der Waals surface area (Å²) in [6, 6.07) is 0.439. The van der Waals surface area contributed by atoms with Gasteiger partial charge in [0.25, 0.3) is 0 Å². The normalized spacial score (nSPS) is 23.8. The number of aliphatic hydroxyl groups is 1. The van der Waals surface area contributed by atoms with Crippen molar-refractivity contribution in [3.8, 4) is 0 Å². The van der Waals surface area contributed by atoms with E-state index in [0.29, 0.717) is 12.6 Å². The summed E-state index contributed by atoms with van der Waals surface area (Å²) in [4.78, 5) is 0. The predicted octanol–water partition coefficient (Wildman–Crippen LogP) is 1.27. The van der Waals surface area contributed by atoms with Crippen molar-refractivity contribution in [2.45, 2.75) is 44.7 Å². The Morgan fingerprint density at radius 1 is 1.35 bits per heavy atom. The molecule has 2 N–H and O–H groups in total. The molecule has 1 aromatic heterocycles. The van der Waals surface area contributed by atoms with E-state index in [1.165, 1.54) is 36.9 Å². The molecule has 112 valence electrons. The molecule has 1 fully saturated rings. The Bertz CT molecular complexity index is 427. The Morgan fingerprint density at radius 2 is 2.20 bits per heavy atom. The quantitative estimate of drug-likeness (QED) is 0.852. The van der Waals surface area contributed by atoms with E-state index >= 15 is 0 Å². The first-order valence-electron chi connectivity index (χ1n) is 7.85. The minimum Gasteiger partial charge on any atom is -0.394 e. The maximum Gasteiger partial charge on any atom is 0.0644 e. The third-order valence-electron chi connectivity index (χ3n) is 4.57. The van der Waals surface area contributed by atoms with Crippen LogP contribution in [0.4, 0.5) is 0 Å². The van der Waals surface area contributed by atoms with E-state index in [0.717, 1.165) is 32.1 Å². The van der Waals surface area contributed by atoms with E-state index in [9.17, 15) is 0 Å². The number of hydrogen-bond donors (Lipinski definition) is 2. The average molecular weight is 279 g/mol. The highest BCUT2D eigenvalue weighted by Gasteiger charge is 2.24. The molecule has 0 bridgehead atoms. The number of nitrogens with one attached hydrogen (secondary N) is 1. The predicted molar refractivity (Wildman–Crippen MR) is 76.5 cm³/mol. The molecule has 1 atom stereocenters. The lowest BCUT2D eigenvalue weighted by Crippen LogP contribution is -2.32. The molecular weight excluding hydrogens is 254 g/mol. The van der Waals surface area contributed by atoms with Gasteiger partial charge in [0.05, 0.1) is 19.3 Å². The van der Waals surface area contributed by atoms with Crippen molar-refractivity contribution in [2.75, 3.05) is 26.4 Å². The Kier molecular flexibility index (Phi) is 4.70. The van der Waals surface area contributed by atoms with Gasteiger partial charge in [0, 0.05) is 30.5 Å². The molecule has 0 aromatic carbocycles. The van der Waals surface area contributed by atoms with Crippen molar-refractivity contribution < 1.29 is 9.84 Å². The molecule has 1 unspecified atom stereocenters. The van der Waals surface area contributed by atoms with Crippen molar-refractivity contribution in [1.82, 2.24) is 15.1 Å². The summed E-state index contributed by atoms with van der Waals surface area (Å²) in [5.41, 5.74) is 2.66. The average Bonchev–Trinajstić information content (AvgIpc) is 2.91. The second-order valence-corrected chi connectivity index (χ2v) is 5.90. The van der Waals surface area contributed by atoms with Gasteiger partial charge in [-0.05, 0) is 44.6 Å². The maximum absolute atomic E-state index is 9.09. The molecule has 0 radical (unpaired) electrons. The summed E-state index contributed by atoms with van der Waals surface area (Å²) in [5, 5.41) is 17.3. The van der Waals surface area contributed by atoms with Crippen LogP contribution in [0.1, 0.15) is 43.0 Å². The molecule has 20 heavy (non-hydrogen) atoms. The van der Waals surface area contributed by atoms with Crippen LogP contribution >= 0.6 is 0 Å². The number of rotatable bonds is 5. The molecule has 2 heterocycles. The van der Waals surface area contributed by atoms with Crippen LogP contribution in [0.15, 0.2) is 6.20 Å². The second-order valence-electron chi connectivity index (χ2n) is 5.90. The lowest BCUT2D eigenvalue weighted by molar-refractivity contribution is 0.0652.